The van der Waals surface area contributed by atoms with Crippen LogP contribution in [0.25, 0.3) is 5.57 Å². The first-order chi connectivity index (χ1) is 5.34. The van der Waals surface area contributed by atoms with Crippen molar-refractivity contribution in [3.8, 4) is 0 Å². The molecule has 0 fully saturated rings. The fraction of sp³-hybridized carbons (Fsp3) is 0.222. The highest BCUT2D eigenvalue weighted by Gasteiger charge is 1.90. The zero-order chi connectivity index (χ0) is 8.10. The van der Waals surface area contributed by atoms with Crippen molar-refractivity contribution in [2.45, 2.75) is 6.92 Å². The Bertz CT molecular complexity index is 239. The number of pyridine rings is 1. The van der Waals surface area contributed by atoms with Crippen molar-refractivity contribution >= 4 is 5.57 Å². The highest BCUT2D eigenvalue weighted by Crippen LogP contribution is 2.09. The topological polar surface area (TPSA) is 24.9 Å². The largest absolute Gasteiger partial charge is 0.394 e. The van der Waals surface area contributed by atoms with E-state index in [9.17, 15) is 0 Å². The normalized spacial score (nSPS) is 11.3. The Morgan fingerprint density at radius 1 is 1.45 bits per heavy atom. The number of nitrogens with zero attached hydrogens (tertiary/aromatic N) is 1. The molecule has 0 amide bonds. The zero-order valence-electron chi connectivity index (χ0n) is 6.83. The molecule has 0 radical (unpaired) electrons. The summed E-state index contributed by atoms with van der Waals surface area (Å²) < 4.78 is 0. The van der Waals surface area contributed by atoms with Gasteiger partial charge in [0.05, 0.1) is 0 Å². The predicted octanol–water partition coefficient (Wildman–Crippen LogP) is 1.66. The van der Waals surface area contributed by atoms with E-state index in [1.54, 1.807) is 12.4 Å². The van der Waals surface area contributed by atoms with Crippen LogP contribution in [0.1, 0.15) is 12.5 Å². The van der Waals surface area contributed by atoms with Crippen LogP contribution in [-0.2, 0) is 0 Å². The van der Waals surface area contributed by atoms with Gasteiger partial charge in [0, 0.05) is 19.4 Å². The van der Waals surface area contributed by atoms with E-state index in [0.717, 1.165) is 0 Å². The third kappa shape index (κ3) is 2.08. The first kappa shape index (κ1) is 7.79. The number of nitrogens with one attached hydrogen (secondary N) is 1. The van der Waals surface area contributed by atoms with Crippen molar-refractivity contribution < 1.29 is 0 Å². The number of rotatable bonds is 2. The van der Waals surface area contributed by atoms with Gasteiger partial charge in [0.15, 0.2) is 0 Å². The van der Waals surface area contributed by atoms with Crippen molar-refractivity contribution in [3.05, 3.63) is 36.3 Å². The molecule has 0 saturated heterocycles. The molecule has 1 N–H and O–H groups in total. The minimum absolute atomic E-state index is 1.20. The molecular weight excluding hydrogens is 136 g/mol. The summed E-state index contributed by atoms with van der Waals surface area (Å²) in [4.78, 5) is 3.94. The van der Waals surface area contributed by atoms with E-state index < -0.39 is 0 Å². The summed E-state index contributed by atoms with van der Waals surface area (Å²) in [7, 11) is 1.89. The van der Waals surface area contributed by atoms with Gasteiger partial charge in [-0.2, -0.15) is 0 Å². The Hall–Kier alpha value is -1.31. The third-order valence-corrected chi connectivity index (χ3v) is 1.50. The van der Waals surface area contributed by atoms with Crippen molar-refractivity contribution in [2.24, 2.45) is 0 Å². The molecule has 2 nitrogen and oxygen atoms in total. The van der Waals surface area contributed by atoms with Crippen LogP contribution >= 0.6 is 0 Å². The Morgan fingerprint density at radius 2 is 2.09 bits per heavy atom. The minimum Gasteiger partial charge on any atom is -0.394 e. The van der Waals surface area contributed by atoms with Gasteiger partial charge in [-0.1, -0.05) is 0 Å². The number of allylic oxidation sites excluding steroid dienone is 1. The summed E-state index contributed by atoms with van der Waals surface area (Å²) in [5, 5.41) is 2.98. The highest BCUT2D eigenvalue weighted by atomic mass is 14.8. The first-order valence-electron chi connectivity index (χ1n) is 3.59. The number of aromatic nitrogens is 1. The van der Waals surface area contributed by atoms with E-state index in [1.165, 1.54) is 11.1 Å². The van der Waals surface area contributed by atoms with Crippen molar-refractivity contribution in [1.82, 2.24) is 10.3 Å². The average Bonchev–Trinajstić information content (AvgIpc) is 2.07. The van der Waals surface area contributed by atoms with E-state index in [1.807, 2.05) is 25.4 Å². The monoisotopic (exact) mass is 148 g/mol. The van der Waals surface area contributed by atoms with E-state index in [4.69, 9.17) is 0 Å². The molecule has 1 aromatic heterocycles. The van der Waals surface area contributed by atoms with Gasteiger partial charge in [-0.05, 0) is 36.4 Å². The zero-order valence-corrected chi connectivity index (χ0v) is 6.83. The van der Waals surface area contributed by atoms with E-state index >= 15 is 0 Å². The fourth-order valence-corrected chi connectivity index (χ4v) is 0.915. The Labute approximate surface area is 67.0 Å². The van der Waals surface area contributed by atoms with Crippen LogP contribution < -0.4 is 5.32 Å². The van der Waals surface area contributed by atoms with Gasteiger partial charge in [0.1, 0.15) is 0 Å². The van der Waals surface area contributed by atoms with Gasteiger partial charge in [0.25, 0.3) is 0 Å². The molecule has 0 aromatic carbocycles. The minimum atomic E-state index is 1.20. The maximum atomic E-state index is 3.94. The summed E-state index contributed by atoms with van der Waals surface area (Å²) >= 11 is 0. The summed E-state index contributed by atoms with van der Waals surface area (Å²) in [5.74, 6) is 0. The molecule has 2 heteroatoms. The van der Waals surface area contributed by atoms with Crippen LogP contribution in [0.15, 0.2) is 30.7 Å². The molecule has 58 valence electrons. The average molecular weight is 148 g/mol. The van der Waals surface area contributed by atoms with Crippen molar-refractivity contribution in [3.63, 3.8) is 0 Å². The maximum Gasteiger partial charge on any atom is 0.0273 e. The smallest absolute Gasteiger partial charge is 0.0273 e. The van der Waals surface area contributed by atoms with Crippen LogP contribution in [0.2, 0.25) is 0 Å². The lowest BCUT2D eigenvalue weighted by Crippen LogP contribution is -1.94. The van der Waals surface area contributed by atoms with Gasteiger partial charge in [-0.15, -0.1) is 0 Å². The number of hydrogen-bond acceptors (Lipinski definition) is 2. The molecule has 0 aliphatic heterocycles. The molecule has 11 heavy (non-hydrogen) atoms. The summed E-state index contributed by atoms with van der Waals surface area (Å²) in [5.41, 5.74) is 2.42. The third-order valence-electron chi connectivity index (χ3n) is 1.50. The molecule has 0 unspecified atom stereocenters. The molecule has 1 rings (SSSR count). The molecule has 0 aliphatic rings. The predicted molar refractivity (Wildman–Crippen MR) is 46.9 cm³/mol. The lowest BCUT2D eigenvalue weighted by molar-refractivity contribution is 1.10. The molecule has 0 atom stereocenters. The van der Waals surface area contributed by atoms with Crippen LogP contribution in [0, 0.1) is 0 Å². The molecule has 0 aliphatic carbocycles. The Balaban J connectivity index is 2.85. The molecule has 0 bridgehead atoms. The molecular formula is C9H12N2. The van der Waals surface area contributed by atoms with Crippen LogP contribution in [0.3, 0.4) is 0 Å². The van der Waals surface area contributed by atoms with Crippen molar-refractivity contribution in [2.75, 3.05) is 7.05 Å². The lowest BCUT2D eigenvalue weighted by atomic mass is 10.1. The second-order valence-electron chi connectivity index (χ2n) is 2.35. The maximum absolute atomic E-state index is 3.94. The van der Waals surface area contributed by atoms with E-state index in [2.05, 4.69) is 17.2 Å². The van der Waals surface area contributed by atoms with E-state index in [-0.39, 0.29) is 0 Å². The number of hydrogen-bond donors (Lipinski definition) is 1. The Kier molecular flexibility index (Phi) is 2.66. The fourth-order valence-electron chi connectivity index (χ4n) is 0.915. The van der Waals surface area contributed by atoms with Gasteiger partial charge in [-0.25, -0.2) is 0 Å². The summed E-state index contributed by atoms with van der Waals surface area (Å²) in [6.07, 6.45) is 5.56. The van der Waals surface area contributed by atoms with Gasteiger partial charge in [0.2, 0.25) is 0 Å². The van der Waals surface area contributed by atoms with Crippen LogP contribution in [0.4, 0.5) is 0 Å². The van der Waals surface area contributed by atoms with E-state index in [0.29, 0.717) is 0 Å². The molecule has 1 heterocycles. The van der Waals surface area contributed by atoms with Crippen LogP contribution in [-0.4, -0.2) is 12.0 Å². The van der Waals surface area contributed by atoms with Gasteiger partial charge in [-0.3, -0.25) is 4.98 Å². The summed E-state index contributed by atoms with van der Waals surface area (Å²) in [6, 6.07) is 3.98. The van der Waals surface area contributed by atoms with Gasteiger partial charge >= 0.3 is 0 Å². The van der Waals surface area contributed by atoms with Crippen molar-refractivity contribution in [1.29, 1.82) is 0 Å². The second-order valence-corrected chi connectivity index (χ2v) is 2.35. The van der Waals surface area contributed by atoms with Gasteiger partial charge < -0.3 is 5.32 Å². The first-order valence-corrected chi connectivity index (χ1v) is 3.59. The molecule has 0 spiro atoms. The second kappa shape index (κ2) is 3.76. The highest BCUT2D eigenvalue weighted by molar-refractivity contribution is 5.62. The Morgan fingerprint density at radius 3 is 2.64 bits per heavy atom. The quantitative estimate of drug-likeness (QED) is 0.690. The molecule has 0 saturated carbocycles. The summed E-state index contributed by atoms with van der Waals surface area (Å²) in [6.45, 7) is 2.06. The molecule has 1 aromatic rings. The standard InChI is InChI=1S/C9H12N2/c1-8(7-10-2)9-3-5-11-6-4-9/h3-7,10H,1-2H3. The lowest BCUT2D eigenvalue weighted by Gasteiger charge is -1.99. The van der Waals surface area contributed by atoms with Crippen LogP contribution in [0.5, 0.6) is 0 Å². The SMILES string of the molecule is CNC=C(C)c1ccncc1.